The Morgan fingerprint density at radius 2 is 1.56 bits per heavy atom. The Kier molecular flexibility index (Phi) is 8.67. The van der Waals surface area contributed by atoms with Gasteiger partial charge in [0.25, 0.3) is 5.88 Å². The molecule has 9 heteroatoms. The molecule has 1 aromatic rings. The normalized spacial score (nSPS) is 11.5. The van der Waals surface area contributed by atoms with Crippen LogP contribution in [0.4, 0.5) is 0 Å². The van der Waals surface area contributed by atoms with Crippen molar-refractivity contribution in [2.24, 2.45) is 5.92 Å². The number of rotatable bonds is 10. The number of nitrogens with zero attached hydrogens (tertiary/aromatic N) is 1. The highest BCUT2D eigenvalue weighted by atomic mass is 16.6. The van der Waals surface area contributed by atoms with Crippen molar-refractivity contribution in [2.75, 3.05) is 27.9 Å². The molecule has 1 rings (SSSR count). The monoisotopic (exact) mass is 383 g/mol. The third kappa shape index (κ3) is 5.92. The van der Waals surface area contributed by atoms with Crippen molar-refractivity contribution >= 4 is 17.7 Å². The molecule has 27 heavy (non-hydrogen) atoms. The molecule has 1 atom stereocenters. The number of hydrogen-bond donors (Lipinski definition) is 0. The van der Waals surface area contributed by atoms with Gasteiger partial charge in [0.1, 0.15) is 5.56 Å². The summed E-state index contributed by atoms with van der Waals surface area (Å²) in [6.45, 7) is 4.55. The summed E-state index contributed by atoms with van der Waals surface area (Å²) in [5.41, 5.74) is -0.150. The van der Waals surface area contributed by atoms with Crippen molar-refractivity contribution in [1.29, 1.82) is 0 Å². The van der Waals surface area contributed by atoms with Gasteiger partial charge in [0.2, 0.25) is 11.6 Å². The minimum atomic E-state index is -0.690. The van der Waals surface area contributed by atoms with E-state index in [4.69, 9.17) is 23.7 Å². The summed E-state index contributed by atoms with van der Waals surface area (Å²) < 4.78 is 25.6. The maximum atomic E-state index is 13.1. The molecular weight excluding hydrogens is 358 g/mol. The Hall–Kier alpha value is -2.68. The summed E-state index contributed by atoms with van der Waals surface area (Å²) in [4.78, 5) is 40.2. The predicted octanol–water partition coefficient (Wildman–Crippen LogP) is 2.19. The minimum absolute atomic E-state index is 0.0453. The summed E-state index contributed by atoms with van der Waals surface area (Å²) in [5, 5.41) is 0. The van der Waals surface area contributed by atoms with Crippen molar-refractivity contribution in [3.8, 4) is 23.3 Å². The van der Waals surface area contributed by atoms with Crippen molar-refractivity contribution in [2.45, 2.75) is 33.6 Å². The zero-order chi connectivity index (χ0) is 20.6. The molecule has 1 aromatic heterocycles. The first-order valence-corrected chi connectivity index (χ1v) is 8.32. The quantitative estimate of drug-likeness (QED) is 0.341. The molecule has 0 aliphatic heterocycles. The van der Waals surface area contributed by atoms with Crippen LogP contribution in [-0.2, 0) is 14.3 Å². The van der Waals surface area contributed by atoms with Crippen LogP contribution in [0.15, 0.2) is 0 Å². The van der Waals surface area contributed by atoms with Gasteiger partial charge in [-0.3, -0.25) is 14.4 Å². The fourth-order valence-electron chi connectivity index (χ4n) is 2.40. The smallest absolute Gasteiger partial charge is 0.309 e. The van der Waals surface area contributed by atoms with Gasteiger partial charge in [0, 0.05) is 33.5 Å². The van der Waals surface area contributed by atoms with E-state index >= 15 is 0 Å². The second kappa shape index (κ2) is 10.5. The molecule has 0 aliphatic rings. The second-order valence-corrected chi connectivity index (χ2v) is 5.75. The van der Waals surface area contributed by atoms with Crippen LogP contribution in [0.25, 0.3) is 0 Å². The molecule has 9 nitrogen and oxygen atoms in total. The van der Waals surface area contributed by atoms with Crippen molar-refractivity contribution < 1.29 is 38.1 Å². The van der Waals surface area contributed by atoms with Gasteiger partial charge < -0.3 is 23.7 Å². The van der Waals surface area contributed by atoms with Gasteiger partial charge in [-0.25, -0.2) is 0 Å². The largest absolute Gasteiger partial charge is 0.489 e. The van der Waals surface area contributed by atoms with E-state index < -0.39 is 23.6 Å². The number of Topliss-reactive ketones (excluding diaryl/α,β-unsaturated/α-hetero) is 1. The maximum Gasteiger partial charge on any atom is 0.309 e. The van der Waals surface area contributed by atoms with Crippen LogP contribution in [0.1, 0.15) is 44.0 Å². The van der Waals surface area contributed by atoms with Gasteiger partial charge >= 0.3 is 11.9 Å². The second-order valence-electron chi connectivity index (χ2n) is 5.75. The number of pyridine rings is 1. The van der Waals surface area contributed by atoms with E-state index in [1.165, 1.54) is 28.1 Å². The molecule has 0 N–H and O–H groups in total. The molecule has 0 aromatic carbocycles. The number of carbonyl (C=O) groups is 3. The predicted molar refractivity (Wildman–Crippen MR) is 94.6 cm³/mol. The molecular formula is C18H25NO8. The first kappa shape index (κ1) is 22.4. The average Bonchev–Trinajstić information content (AvgIpc) is 2.60. The van der Waals surface area contributed by atoms with Gasteiger partial charge in [-0.15, -0.1) is 0 Å². The summed E-state index contributed by atoms with van der Waals surface area (Å²) in [6.07, 6.45) is 1.16. The SMILES string of the molecule is COCCCC(C)C(=O)c1c(OC(C)=O)nc(OC)c(OC)c1OC(C)=O. The lowest BCUT2D eigenvalue weighted by atomic mass is 9.95. The lowest BCUT2D eigenvalue weighted by Gasteiger charge is -2.19. The Labute approximate surface area is 157 Å². The van der Waals surface area contributed by atoms with E-state index in [0.29, 0.717) is 19.4 Å². The van der Waals surface area contributed by atoms with Crippen LogP contribution in [-0.4, -0.2) is 50.6 Å². The summed E-state index contributed by atoms with van der Waals surface area (Å²) in [7, 11) is 4.20. The molecule has 0 amide bonds. The van der Waals surface area contributed by atoms with Crippen molar-refractivity contribution in [1.82, 2.24) is 4.98 Å². The molecule has 0 saturated carbocycles. The molecule has 0 saturated heterocycles. The van der Waals surface area contributed by atoms with Gasteiger partial charge in [0.05, 0.1) is 14.2 Å². The molecule has 1 heterocycles. The lowest BCUT2D eigenvalue weighted by molar-refractivity contribution is -0.132. The first-order chi connectivity index (χ1) is 12.8. The van der Waals surface area contributed by atoms with Gasteiger partial charge in [-0.2, -0.15) is 4.98 Å². The number of esters is 2. The number of carbonyl (C=O) groups excluding carboxylic acids is 3. The zero-order valence-electron chi connectivity index (χ0n) is 16.4. The van der Waals surface area contributed by atoms with Crippen LogP contribution >= 0.6 is 0 Å². The van der Waals surface area contributed by atoms with Crippen LogP contribution in [0.5, 0.6) is 23.3 Å². The van der Waals surface area contributed by atoms with Gasteiger partial charge in [-0.1, -0.05) is 6.92 Å². The number of aromatic nitrogens is 1. The highest BCUT2D eigenvalue weighted by molar-refractivity contribution is 6.04. The van der Waals surface area contributed by atoms with Crippen LogP contribution < -0.4 is 18.9 Å². The van der Waals surface area contributed by atoms with E-state index in [9.17, 15) is 14.4 Å². The van der Waals surface area contributed by atoms with Crippen molar-refractivity contribution in [3.63, 3.8) is 0 Å². The van der Waals surface area contributed by atoms with Crippen LogP contribution in [0.2, 0.25) is 0 Å². The summed E-state index contributed by atoms with van der Waals surface area (Å²) in [5.74, 6) is -2.89. The number of ketones is 1. The Morgan fingerprint density at radius 1 is 0.926 bits per heavy atom. The molecule has 0 fully saturated rings. The Bertz CT molecular complexity index is 701. The van der Waals surface area contributed by atoms with E-state index in [1.807, 2.05) is 0 Å². The third-order valence-corrected chi connectivity index (χ3v) is 3.61. The third-order valence-electron chi connectivity index (χ3n) is 3.61. The fraction of sp³-hybridized carbons (Fsp3) is 0.556. The lowest BCUT2D eigenvalue weighted by Crippen LogP contribution is -2.19. The standard InChI is InChI=1S/C18H25NO8/c1-10(8-7-9-23-4)14(22)13-15(26-11(2)20)16(24-5)18(25-6)19-17(13)27-12(3)21/h10H,7-9H2,1-6H3. The summed E-state index contributed by atoms with van der Waals surface area (Å²) in [6, 6.07) is 0. The molecule has 1 unspecified atom stereocenters. The van der Waals surface area contributed by atoms with E-state index in [1.54, 1.807) is 14.0 Å². The molecule has 0 bridgehead atoms. The van der Waals surface area contributed by atoms with Crippen molar-refractivity contribution in [3.05, 3.63) is 5.56 Å². The topological polar surface area (TPSA) is 110 Å². The van der Waals surface area contributed by atoms with Crippen LogP contribution in [0.3, 0.4) is 0 Å². The molecule has 0 aliphatic carbocycles. The van der Waals surface area contributed by atoms with Crippen LogP contribution in [0, 0.1) is 5.92 Å². The molecule has 150 valence electrons. The van der Waals surface area contributed by atoms with E-state index in [-0.39, 0.29) is 28.8 Å². The zero-order valence-corrected chi connectivity index (χ0v) is 16.4. The fourth-order valence-corrected chi connectivity index (χ4v) is 2.40. The summed E-state index contributed by atoms with van der Waals surface area (Å²) >= 11 is 0. The Balaban J connectivity index is 3.56. The van der Waals surface area contributed by atoms with Gasteiger partial charge in [-0.05, 0) is 12.8 Å². The number of ether oxygens (including phenoxy) is 5. The highest BCUT2D eigenvalue weighted by Gasteiger charge is 2.32. The number of methoxy groups -OCH3 is 3. The minimum Gasteiger partial charge on any atom is -0.489 e. The first-order valence-electron chi connectivity index (χ1n) is 8.32. The Morgan fingerprint density at radius 3 is 2.04 bits per heavy atom. The van der Waals surface area contributed by atoms with Gasteiger partial charge in [0.15, 0.2) is 11.5 Å². The van der Waals surface area contributed by atoms with E-state index in [0.717, 1.165) is 0 Å². The molecule has 0 spiro atoms. The highest BCUT2D eigenvalue weighted by Crippen LogP contribution is 2.44. The number of hydrogen-bond acceptors (Lipinski definition) is 9. The maximum absolute atomic E-state index is 13.1. The van der Waals surface area contributed by atoms with E-state index in [2.05, 4.69) is 4.98 Å². The average molecular weight is 383 g/mol. The molecule has 0 radical (unpaired) electrons.